The first kappa shape index (κ1) is 13.2. The second kappa shape index (κ2) is 5.29. The van der Waals surface area contributed by atoms with Gasteiger partial charge in [0.15, 0.2) is 5.13 Å². The van der Waals surface area contributed by atoms with Crippen molar-refractivity contribution in [3.8, 4) is 0 Å². The van der Waals surface area contributed by atoms with E-state index in [9.17, 15) is 0 Å². The van der Waals surface area contributed by atoms with Crippen molar-refractivity contribution < 1.29 is 0 Å². The molecule has 0 atom stereocenters. The van der Waals surface area contributed by atoms with Gasteiger partial charge in [0.05, 0.1) is 20.9 Å². The van der Waals surface area contributed by atoms with Crippen molar-refractivity contribution in [1.82, 2.24) is 4.98 Å². The lowest BCUT2D eigenvalue weighted by Crippen LogP contribution is -1.90. The highest BCUT2D eigenvalue weighted by atomic mass is 79.9. The molecule has 0 saturated carbocycles. The van der Waals surface area contributed by atoms with Crippen LogP contribution in [-0.2, 0) is 0 Å². The van der Waals surface area contributed by atoms with Gasteiger partial charge in [-0.2, -0.15) is 0 Å². The molecule has 2 nitrogen and oxygen atoms in total. The molecule has 0 fully saturated rings. The monoisotopic (exact) mass is 372 g/mol. The topological polar surface area (TPSA) is 24.9 Å². The molecule has 3 aromatic rings. The van der Waals surface area contributed by atoms with E-state index in [1.54, 1.807) is 11.3 Å². The van der Waals surface area contributed by atoms with Gasteiger partial charge < -0.3 is 5.32 Å². The first-order valence-corrected chi connectivity index (χ1v) is 7.76. The van der Waals surface area contributed by atoms with E-state index in [0.29, 0.717) is 10.0 Å². The number of hydrogen-bond donors (Lipinski definition) is 1. The van der Waals surface area contributed by atoms with Gasteiger partial charge in [-0.1, -0.05) is 50.5 Å². The number of fused-ring (bicyclic) bond motifs is 1. The standard InChI is InChI=1S/C13H7BrCl2N2S/c14-7-1-3-9(16)10(5-7)17-13-18-11-6-8(15)2-4-12(11)19-13/h1-6H,(H,17,18). The van der Waals surface area contributed by atoms with Gasteiger partial charge in [0.1, 0.15) is 0 Å². The minimum Gasteiger partial charge on any atom is -0.330 e. The lowest BCUT2D eigenvalue weighted by molar-refractivity contribution is 1.44. The molecule has 6 heteroatoms. The summed E-state index contributed by atoms with van der Waals surface area (Å²) in [5.41, 5.74) is 1.70. The summed E-state index contributed by atoms with van der Waals surface area (Å²) >= 11 is 17.1. The molecule has 0 amide bonds. The summed E-state index contributed by atoms with van der Waals surface area (Å²) in [6.07, 6.45) is 0. The van der Waals surface area contributed by atoms with Crippen LogP contribution in [0.25, 0.3) is 10.2 Å². The Morgan fingerprint density at radius 3 is 2.79 bits per heavy atom. The molecule has 3 rings (SSSR count). The largest absolute Gasteiger partial charge is 0.330 e. The number of benzene rings is 2. The average Bonchev–Trinajstić information content (AvgIpc) is 2.75. The van der Waals surface area contributed by atoms with Crippen molar-refractivity contribution in [3.63, 3.8) is 0 Å². The summed E-state index contributed by atoms with van der Waals surface area (Å²) < 4.78 is 2.04. The van der Waals surface area contributed by atoms with Crippen LogP contribution in [0.15, 0.2) is 40.9 Å². The van der Waals surface area contributed by atoms with Gasteiger partial charge in [0.25, 0.3) is 0 Å². The zero-order chi connectivity index (χ0) is 13.4. The zero-order valence-corrected chi connectivity index (χ0v) is 13.4. The third-order valence-corrected chi connectivity index (χ3v) is 4.53. The fraction of sp³-hybridized carbons (Fsp3) is 0. The van der Waals surface area contributed by atoms with Crippen LogP contribution in [0, 0.1) is 0 Å². The van der Waals surface area contributed by atoms with Crippen molar-refractivity contribution >= 4 is 71.5 Å². The van der Waals surface area contributed by atoms with Crippen LogP contribution in [0.3, 0.4) is 0 Å². The average molecular weight is 374 g/mol. The Morgan fingerprint density at radius 1 is 1.11 bits per heavy atom. The predicted molar refractivity (Wildman–Crippen MR) is 87.1 cm³/mol. The molecule has 1 aromatic heterocycles. The van der Waals surface area contributed by atoms with Gasteiger partial charge in [-0.05, 0) is 36.4 Å². The molecule has 0 radical (unpaired) electrons. The number of thiazole rings is 1. The highest BCUT2D eigenvalue weighted by Crippen LogP contribution is 2.33. The highest BCUT2D eigenvalue weighted by molar-refractivity contribution is 9.10. The molecular weight excluding hydrogens is 367 g/mol. The minimum absolute atomic E-state index is 0.653. The Kier molecular flexibility index (Phi) is 3.67. The van der Waals surface area contributed by atoms with E-state index in [0.717, 1.165) is 25.5 Å². The maximum absolute atomic E-state index is 6.14. The van der Waals surface area contributed by atoms with E-state index in [1.807, 2.05) is 36.4 Å². The molecule has 96 valence electrons. The third-order valence-electron chi connectivity index (χ3n) is 2.52. The summed E-state index contributed by atoms with van der Waals surface area (Å²) in [6.45, 7) is 0. The Bertz CT molecular complexity index is 757. The normalized spacial score (nSPS) is 10.9. The number of aromatic nitrogens is 1. The van der Waals surface area contributed by atoms with E-state index in [-0.39, 0.29) is 0 Å². The molecule has 0 aliphatic carbocycles. The molecule has 0 aliphatic rings. The van der Waals surface area contributed by atoms with Crippen LogP contribution >= 0.6 is 50.5 Å². The molecule has 2 aromatic carbocycles. The summed E-state index contributed by atoms with van der Waals surface area (Å²) in [5.74, 6) is 0. The minimum atomic E-state index is 0.653. The first-order chi connectivity index (χ1) is 9.11. The maximum atomic E-state index is 6.14. The number of nitrogens with one attached hydrogen (secondary N) is 1. The molecule has 19 heavy (non-hydrogen) atoms. The van der Waals surface area contributed by atoms with Crippen LogP contribution in [0.4, 0.5) is 10.8 Å². The fourth-order valence-corrected chi connectivity index (χ4v) is 3.21. The summed E-state index contributed by atoms with van der Waals surface area (Å²) in [5, 5.41) is 5.35. The van der Waals surface area contributed by atoms with Gasteiger partial charge in [0, 0.05) is 9.50 Å². The number of hydrogen-bond acceptors (Lipinski definition) is 3. The van der Waals surface area contributed by atoms with E-state index < -0.39 is 0 Å². The molecule has 0 unspecified atom stereocenters. The molecule has 0 aliphatic heterocycles. The van der Waals surface area contributed by atoms with Crippen molar-refractivity contribution in [1.29, 1.82) is 0 Å². The predicted octanol–water partition coefficient (Wildman–Crippen LogP) is 6.11. The van der Waals surface area contributed by atoms with Gasteiger partial charge in [0.2, 0.25) is 0 Å². The number of nitrogens with zero attached hydrogens (tertiary/aromatic N) is 1. The molecule has 1 N–H and O–H groups in total. The smallest absolute Gasteiger partial charge is 0.188 e. The molecular formula is C13H7BrCl2N2S. The zero-order valence-electron chi connectivity index (χ0n) is 9.45. The molecule has 1 heterocycles. The Balaban J connectivity index is 1.98. The van der Waals surface area contributed by atoms with Crippen LogP contribution < -0.4 is 5.32 Å². The van der Waals surface area contributed by atoms with Crippen LogP contribution in [0.2, 0.25) is 10.0 Å². The SMILES string of the molecule is Clc1ccc2sc(Nc3cc(Br)ccc3Cl)nc2c1. The Morgan fingerprint density at radius 2 is 1.95 bits per heavy atom. The summed E-state index contributed by atoms with van der Waals surface area (Å²) in [6, 6.07) is 11.3. The van der Waals surface area contributed by atoms with Crippen molar-refractivity contribution in [2.45, 2.75) is 0 Å². The van der Waals surface area contributed by atoms with Crippen LogP contribution in [0.5, 0.6) is 0 Å². The van der Waals surface area contributed by atoms with E-state index in [4.69, 9.17) is 23.2 Å². The van der Waals surface area contributed by atoms with Gasteiger partial charge in [-0.15, -0.1) is 0 Å². The Hall–Kier alpha value is -0.810. The second-order valence-electron chi connectivity index (χ2n) is 3.88. The lowest BCUT2D eigenvalue weighted by atomic mass is 10.3. The maximum Gasteiger partial charge on any atom is 0.188 e. The molecule has 0 saturated heterocycles. The molecule has 0 spiro atoms. The quantitative estimate of drug-likeness (QED) is 0.586. The van der Waals surface area contributed by atoms with E-state index in [1.165, 1.54) is 0 Å². The number of rotatable bonds is 2. The fourth-order valence-electron chi connectivity index (χ4n) is 1.66. The van der Waals surface area contributed by atoms with E-state index >= 15 is 0 Å². The first-order valence-electron chi connectivity index (χ1n) is 5.40. The van der Waals surface area contributed by atoms with Crippen LogP contribution in [-0.4, -0.2) is 4.98 Å². The van der Waals surface area contributed by atoms with Crippen molar-refractivity contribution in [3.05, 3.63) is 50.9 Å². The van der Waals surface area contributed by atoms with Crippen LogP contribution in [0.1, 0.15) is 0 Å². The van der Waals surface area contributed by atoms with E-state index in [2.05, 4.69) is 26.2 Å². The van der Waals surface area contributed by atoms with Crippen molar-refractivity contribution in [2.75, 3.05) is 5.32 Å². The van der Waals surface area contributed by atoms with Gasteiger partial charge in [-0.3, -0.25) is 0 Å². The van der Waals surface area contributed by atoms with Crippen molar-refractivity contribution in [2.24, 2.45) is 0 Å². The second-order valence-corrected chi connectivity index (χ2v) is 6.67. The van der Waals surface area contributed by atoms with Gasteiger partial charge in [-0.25, -0.2) is 4.98 Å². The highest BCUT2D eigenvalue weighted by Gasteiger charge is 2.07. The molecule has 0 bridgehead atoms. The number of halogens is 3. The lowest BCUT2D eigenvalue weighted by Gasteiger charge is -2.05. The third kappa shape index (κ3) is 2.87. The summed E-state index contributed by atoms with van der Waals surface area (Å²) in [7, 11) is 0. The van der Waals surface area contributed by atoms with Gasteiger partial charge >= 0.3 is 0 Å². The summed E-state index contributed by atoms with van der Waals surface area (Å²) in [4.78, 5) is 4.49. The number of anilines is 2. The Labute approximate surface area is 132 Å².